The second-order valence-electron chi connectivity index (χ2n) is 10.2. The lowest BCUT2D eigenvalue weighted by atomic mass is 9.83. The molecule has 3 aliphatic heterocycles. The van der Waals surface area contributed by atoms with Crippen molar-refractivity contribution in [3.8, 4) is 11.5 Å². The maximum atomic E-state index is 11.3. The molecule has 0 bridgehead atoms. The van der Waals surface area contributed by atoms with E-state index in [1.54, 1.807) is 0 Å². The quantitative estimate of drug-likeness (QED) is 0.450. The molecule has 3 aliphatic rings. The SMILES string of the molecule is C=C1N(Cc2cccc(C=O)c2)CN(c2ccccc2)C12CCN(CC1COc3ccccc3O1)CC2. The van der Waals surface area contributed by atoms with Crippen LogP contribution in [0.15, 0.2) is 91.1 Å². The molecule has 1 atom stereocenters. The summed E-state index contributed by atoms with van der Waals surface area (Å²) in [6.45, 7) is 9.54. The Hall–Kier alpha value is -3.77. The standard InChI is InChI=1S/C31H33N3O3/c1-24-31(14-16-32(17-15-31)20-28-22-36-29-12-5-6-13-30(29)37-28)34(27-10-3-2-4-11-27)23-33(24)19-25-8-7-9-26(18-25)21-35/h2-13,18,21,28H,1,14-17,19-20,22-23H2. The van der Waals surface area contributed by atoms with Crippen LogP contribution in [0.4, 0.5) is 5.69 Å². The predicted octanol–water partition coefficient (Wildman–Crippen LogP) is 4.97. The number of carbonyl (C=O) groups is 1. The summed E-state index contributed by atoms with van der Waals surface area (Å²) < 4.78 is 12.2. The molecule has 37 heavy (non-hydrogen) atoms. The van der Waals surface area contributed by atoms with E-state index in [2.05, 4.69) is 57.7 Å². The third kappa shape index (κ3) is 4.58. The van der Waals surface area contributed by atoms with Gasteiger partial charge in [0, 0.05) is 43.1 Å². The number of aldehydes is 1. The zero-order chi connectivity index (χ0) is 25.2. The lowest BCUT2D eigenvalue weighted by Gasteiger charge is -2.46. The molecule has 190 valence electrons. The van der Waals surface area contributed by atoms with E-state index in [0.29, 0.717) is 12.2 Å². The molecule has 3 aromatic carbocycles. The van der Waals surface area contributed by atoms with Gasteiger partial charge < -0.3 is 19.3 Å². The van der Waals surface area contributed by atoms with Gasteiger partial charge in [-0.15, -0.1) is 0 Å². The van der Waals surface area contributed by atoms with Gasteiger partial charge in [0.15, 0.2) is 11.5 Å². The Morgan fingerprint density at radius 3 is 2.49 bits per heavy atom. The summed E-state index contributed by atoms with van der Waals surface area (Å²) in [6, 6.07) is 26.4. The smallest absolute Gasteiger partial charge is 0.161 e. The van der Waals surface area contributed by atoms with Crippen LogP contribution in [0.5, 0.6) is 11.5 Å². The highest BCUT2D eigenvalue weighted by Crippen LogP contribution is 2.45. The molecule has 0 radical (unpaired) electrons. The highest BCUT2D eigenvalue weighted by molar-refractivity contribution is 5.74. The van der Waals surface area contributed by atoms with Crippen LogP contribution in [0.3, 0.4) is 0 Å². The number of carbonyl (C=O) groups excluding carboxylic acids is 1. The van der Waals surface area contributed by atoms with Crippen LogP contribution in [-0.4, -0.2) is 60.6 Å². The zero-order valence-corrected chi connectivity index (χ0v) is 21.1. The van der Waals surface area contributed by atoms with E-state index in [9.17, 15) is 4.79 Å². The molecular formula is C31H33N3O3. The molecule has 6 rings (SSSR count). The van der Waals surface area contributed by atoms with Crippen molar-refractivity contribution in [1.82, 2.24) is 9.80 Å². The minimum absolute atomic E-state index is 0.0301. The van der Waals surface area contributed by atoms with E-state index < -0.39 is 0 Å². The Labute approximate surface area is 218 Å². The summed E-state index contributed by atoms with van der Waals surface area (Å²) in [5, 5.41) is 0. The largest absolute Gasteiger partial charge is 0.486 e. The number of piperidine rings is 1. The number of hydrogen-bond acceptors (Lipinski definition) is 6. The van der Waals surface area contributed by atoms with Crippen molar-refractivity contribution >= 4 is 12.0 Å². The summed E-state index contributed by atoms with van der Waals surface area (Å²) in [7, 11) is 0. The van der Waals surface area contributed by atoms with Gasteiger partial charge >= 0.3 is 0 Å². The Bertz CT molecular complexity index is 1270. The number of para-hydroxylation sites is 3. The monoisotopic (exact) mass is 495 g/mol. The number of anilines is 1. The van der Waals surface area contributed by atoms with Crippen LogP contribution < -0.4 is 14.4 Å². The van der Waals surface area contributed by atoms with Crippen molar-refractivity contribution in [3.63, 3.8) is 0 Å². The molecule has 0 aliphatic carbocycles. The van der Waals surface area contributed by atoms with Gasteiger partial charge in [-0.1, -0.05) is 55.1 Å². The van der Waals surface area contributed by atoms with Gasteiger partial charge in [0.25, 0.3) is 0 Å². The lowest BCUT2D eigenvalue weighted by Crippen LogP contribution is -2.54. The number of nitrogens with zero attached hydrogens (tertiary/aromatic N) is 3. The van der Waals surface area contributed by atoms with Gasteiger partial charge in [0.1, 0.15) is 19.0 Å². The summed E-state index contributed by atoms with van der Waals surface area (Å²) in [5.41, 5.74) is 4.10. The average molecular weight is 496 g/mol. The van der Waals surface area contributed by atoms with Crippen molar-refractivity contribution in [2.24, 2.45) is 0 Å². The van der Waals surface area contributed by atoms with Crippen molar-refractivity contribution in [2.45, 2.75) is 31.0 Å². The molecule has 0 amide bonds. The van der Waals surface area contributed by atoms with Gasteiger partial charge in [-0.2, -0.15) is 0 Å². The summed E-state index contributed by atoms with van der Waals surface area (Å²) in [4.78, 5) is 18.7. The van der Waals surface area contributed by atoms with E-state index in [-0.39, 0.29) is 11.6 Å². The lowest BCUT2D eigenvalue weighted by molar-refractivity contribution is 0.0473. The summed E-state index contributed by atoms with van der Waals surface area (Å²) in [6.07, 6.45) is 2.93. The Morgan fingerprint density at radius 1 is 0.946 bits per heavy atom. The number of benzene rings is 3. The highest BCUT2D eigenvalue weighted by Gasteiger charge is 2.49. The minimum Gasteiger partial charge on any atom is -0.486 e. The molecule has 2 saturated heterocycles. The fraction of sp³-hybridized carbons (Fsp3) is 0.323. The normalized spacial score (nSPS) is 20.9. The number of rotatable bonds is 6. The molecule has 0 aromatic heterocycles. The first-order valence-corrected chi connectivity index (χ1v) is 13.1. The van der Waals surface area contributed by atoms with Gasteiger partial charge in [0.05, 0.1) is 12.2 Å². The van der Waals surface area contributed by atoms with Crippen molar-refractivity contribution in [2.75, 3.05) is 37.8 Å². The number of hydrogen-bond donors (Lipinski definition) is 0. The van der Waals surface area contributed by atoms with Crippen molar-refractivity contribution in [3.05, 3.63) is 102 Å². The van der Waals surface area contributed by atoms with E-state index in [4.69, 9.17) is 9.47 Å². The fourth-order valence-corrected chi connectivity index (χ4v) is 6.01. The van der Waals surface area contributed by atoms with Crippen LogP contribution in [0, 0.1) is 0 Å². The molecular weight excluding hydrogens is 462 g/mol. The van der Waals surface area contributed by atoms with Gasteiger partial charge in [-0.25, -0.2) is 0 Å². The first-order valence-electron chi connectivity index (χ1n) is 13.1. The van der Waals surface area contributed by atoms with Crippen molar-refractivity contribution in [1.29, 1.82) is 0 Å². The third-order valence-corrected chi connectivity index (χ3v) is 7.99. The van der Waals surface area contributed by atoms with Gasteiger partial charge in [0.2, 0.25) is 0 Å². The maximum Gasteiger partial charge on any atom is 0.161 e. The van der Waals surface area contributed by atoms with Crippen LogP contribution in [0.2, 0.25) is 0 Å². The number of fused-ring (bicyclic) bond motifs is 1. The summed E-state index contributed by atoms with van der Waals surface area (Å²) in [5.74, 6) is 1.66. The second kappa shape index (κ2) is 9.94. The average Bonchev–Trinajstić information content (AvgIpc) is 3.21. The summed E-state index contributed by atoms with van der Waals surface area (Å²) >= 11 is 0. The Morgan fingerprint density at radius 2 is 1.70 bits per heavy atom. The molecule has 0 N–H and O–H groups in total. The molecule has 6 heteroatoms. The van der Waals surface area contributed by atoms with E-state index in [0.717, 1.165) is 69.0 Å². The fourth-order valence-electron chi connectivity index (χ4n) is 6.01. The minimum atomic E-state index is -0.128. The van der Waals surface area contributed by atoms with Crippen LogP contribution in [-0.2, 0) is 6.54 Å². The van der Waals surface area contributed by atoms with Crippen molar-refractivity contribution < 1.29 is 14.3 Å². The maximum absolute atomic E-state index is 11.3. The van der Waals surface area contributed by atoms with Crippen LogP contribution in [0.1, 0.15) is 28.8 Å². The first kappa shape index (κ1) is 23.6. The molecule has 1 unspecified atom stereocenters. The molecule has 2 fully saturated rings. The Kier molecular flexibility index (Phi) is 6.35. The van der Waals surface area contributed by atoms with E-state index >= 15 is 0 Å². The third-order valence-electron chi connectivity index (χ3n) is 7.99. The van der Waals surface area contributed by atoms with E-state index in [1.165, 1.54) is 11.4 Å². The molecule has 3 heterocycles. The molecule has 1 spiro atoms. The van der Waals surface area contributed by atoms with Crippen LogP contribution in [0.25, 0.3) is 0 Å². The van der Waals surface area contributed by atoms with Gasteiger partial charge in [-0.05, 0) is 48.7 Å². The highest BCUT2D eigenvalue weighted by atomic mass is 16.6. The molecule has 3 aromatic rings. The number of likely N-dealkylation sites (tertiary alicyclic amines) is 1. The molecule has 0 saturated carbocycles. The number of ether oxygens (including phenoxy) is 2. The predicted molar refractivity (Wildman–Crippen MR) is 145 cm³/mol. The topological polar surface area (TPSA) is 45.3 Å². The molecule has 6 nitrogen and oxygen atoms in total. The Balaban J connectivity index is 1.18. The first-order chi connectivity index (χ1) is 18.1. The zero-order valence-electron chi connectivity index (χ0n) is 21.1. The van der Waals surface area contributed by atoms with E-state index in [1.807, 2.05) is 42.5 Å². The second-order valence-corrected chi connectivity index (χ2v) is 10.2. The van der Waals surface area contributed by atoms with Gasteiger partial charge in [-0.3, -0.25) is 9.69 Å². The van der Waals surface area contributed by atoms with Crippen LogP contribution >= 0.6 is 0 Å².